The van der Waals surface area contributed by atoms with Gasteiger partial charge in [0.1, 0.15) is 22.8 Å². The van der Waals surface area contributed by atoms with E-state index in [1.807, 2.05) is 12.1 Å². The van der Waals surface area contributed by atoms with Crippen molar-refractivity contribution in [1.29, 1.82) is 0 Å². The molecule has 0 aliphatic rings. The summed E-state index contributed by atoms with van der Waals surface area (Å²) >= 11 is 0. The van der Waals surface area contributed by atoms with Crippen molar-refractivity contribution in [2.75, 3.05) is 27.8 Å². The van der Waals surface area contributed by atoms with Crippen LogP contribution in [0.3, 0.4) is 0 Å². The normalized spacial score (nSPS) is 12.4. The Hall–Kier alpha value is -2.96. The van der Waals surface area contributed by atoms with Crippen molar-refractivity contribution in [1.82, 2.24) is 10.6 Å². The predicted molar refractivity (Wildman–Crippen MR) is 109 cm³/mol. The maximum atomic E-state index is 11.7. The first-order chi connectivity index (χ1) is 13.5. The topological polar surface area (TPSA) is 85.1 Å². The number of aryl methyl sites for hydroxylation is 1. The molecule has 1 heterocycles. The van der Waals surface area contributed by atoms with E-state index in [1.165, 1.54) is 12.7 Å². The Labute approximate surface area is 166 Å². The van der Waals surface area contributed by atoms with Crippen LogP contribution in [-0.2, 0) is 11.3 Å². The van der Waals surface area contributed by atoms with Crippen molar-refractivity contribution in [2.45, 2.75) is 32.7 Å². The minimum absolute atomic E-state index is 0.400. The standard InChI is InChI=1S/C21H29N3O4/c1-14(16-6-8-17(26-4)9-7-16)10-11-23-21(22-3)24-13-18-12-19(15(2)28-18)20(25)27-5/h6-9,12,14H,10-11,13H2,1-5H3,(H2,22,23,24). The van der Waals surface area contributed by atoms with Gasteiger partial charge in [-0.25, -0.2) is 4.79 Å². The van der Waals surface area contributed by atoms with Crippen LogP contribution in [0, 0.1) is 6.92 Å². The number of aliphatic imine (C=N–C) groups is 1. The molecule has 2 N–H and O–H groups in total. The van der Waals surface area contributed by atoms with Crippen molar-refractivity contribution in [3.05, 3.63) is 53.0 Å². The first-order valence-corrected chi connectivity index (χ1v) is 9.24. The average Bonchev–Trinajstić information content (AvgIpc) is 3.10. The Morgan fingerprint density at radius 2 is 1.93 bits per heavy atom. The van der Waals surface area contributed by atoms with Gasteiger partial charge in [-0.1, -0.05) is 19.1 Å². The first kappa shape index (κ1) is 21.3. The summed E-state index contributed by atoms with van der Waals surface area (Å²) in [6.07, 6.45) is 0.958. The zero-order valence-electron chi connectivity index (χ0n) is 17.2. The van der Waals surface area contributed by atoms with Crippen molar-refractivity contribution in [2.24, 2.45) is 4.99 Å². The van der Waals surface area contributed by atoms with E-state index in [4.69, 9.17) is 13.9 Å². The fourth-order valence-corrected chi connectivity index (χ4v) is 2.84. The summed E-state index contributed by atoms with van der Waals surface area (Å²) in [5.41, 5.74) is 1.71. The molecule has 1 aromatic heterocycles. The molecular formula is C21H29N3O4. The van der Waals surface area contributed by atoms with Gasteiger partial charge in [0.25, 0.3) is 0 Å². The zero-order chi connectivity index (χ0) is 20.5. The number of rotatable bonds is 8. The van der Waals surface area contributed by atoms with Crippen LogP contribution in [0.25, 0.3) is 0 Å². The predicted octanol–water partition coefficient (Wildman–Crippen LogP) is 3.24. The van der Waals surface area contributed by atoms with Crippen molar-refractivity contribution < 1.29 is 18.7 Å². The molecule has 7 heteroatoms. The Morgan fingerprint density at radius 1 is 1.21 bits per heavy atom. The summed E-state index contributed by atoms with van der Waals surface area (Å²) in [5, 5.41) is 6.49. The molecule has 0 radical (unpaired) electrons. The van der Waals surface area contributed by atoms with Crippen LogP contribution >= 0.6 is 0 Å². The van der Waals surface area contributed by atoms with E-state index in [-0.39, 0.29) is 0 Å². The highest BCUT2D eigenvalue weighted by atomic mass is 16.5. The number of hydrogen-bond acceptors (Lipinski definition) is 5. The van der Waals surface area contributed by atoms with Crippen molar-refractivity contribution >= 4 is 11.9 Å². The summed E-state index contributed by atoms with van der Waals surface area (Å²) < 4.78 is 15.5. The number of carbonyl (C=O) groups excluding carboxylic acids is 1. The largest absolute Gasteiger partial charge is 0.497 e. The molecule has 0 aliphatic heterocycles. The van der Waals surface area contributed by atoms with Crippen LogP contribution in [-0.4, -0.2) is 39.7 Å². The third-order valence-corrected chi connectivity index (χ3v) is 4.58. The molecule has 7 nitrogen and oxygen atoms in total. The fraction of sp³-hybridized carbons (Fsp3) is 0.429. The number of benzene rings is 1. The lowest BCUT2D eigenvalue weighted by atomic mass is 9.98. The van der Waals surface area contributed by atoms with Crippen LogP contribution in [0.2, 0.25) is 0 Å². The van der Waals surface area contributed by atoms with Crippen molar-refractivity contribution in [3.63, 3.8) is 0 Å². The number of esters is 1. The van der Waals surface area contributed by atoms with Gasteiger partial charge < -0.3 is 24.5 Å². The molecule has 0 bridgehead atoms. The van der Waals surface area contributed by atoms with E-state index >= 15 is 0 Å². The van der Waals surface area contributed by atoms with Crippen molar-refractivity contribution in [3.8, 4) is 5.75 Å². The SMILES string of the molecule is CN=C(NCCC(C)c1ccc(OC)cc1)NCc1cc(C(=O)OC)c(C)o1. The minimum atomic E-state index is -0.400. The van der Waals surface area contributed by atoms with Gasteiger partial charge in [0, 0.05) is 13.6 Å². The third kappa shape index (κ3) is 5.77. The molecule has 1 atom stereocenters. The molecule has 0 fully saturated rings. The zero-order valence-corrected chi connectivity index (χ0v) is 17.2. The number of nitrogens with one attached hydrogen (secondary N) is 2. The van der Waals surface area contributed by atoms with Gasteiger partial charge in [0.15, 0.2) is 5.96 Å². The van der Waals surface area contributed by atoms with Crippen LogP contribution in [0.4, 0.5) is 0 Å². The molecule has 0 amide bonds. The van der Waals surface area contributed by atoms with Crippen LogP contribution in [0.5, 0.6) is 5.75 Å². The summed E-state index contributed by atoms with van der Waals surface area (Å²) in [6, 6.07) is 9.83. The van der Waals surface area contributed by atoms with Crippen LogP contribution < -0.4 is 15.4 Å². The van der Waals surface area contributed by atoms with Gasteiger partial charge in [-0.05, 0) is 43.0 Å². The molecule has 0 saturated heterocycles. The fourth-order valence-electron chi connectivity index (χ4n) is 2.84. The quantitative estimate of drug-likeness (QED) is 0.411. The Balaban J connectivity index is 1.80. The monoisotopic (exact) mass is 387 g/mol. The maximum Gasteiger partial charge on any atom is 0.341 e. The smallest absolute Gasteiger partial charge is 0.341 e. The molecule has 28 heavy (non-hydrogen) atoms. The average molecular weight is 387 g/mol. The molecule has 1 aromatic carbocycles. The number of methoxy groups -OCH3 is 2. The molecule has 0 saturated carbocycles. The Kier molecular flexibility index (Phi) is 7.92. The summed E-state index contributed by atoms with van der Waals surface area (Å²) in [6.45, 7) is 5.13. The number of nitrogens with zero attached hydrogens (tertiary/aromatic N) is 1. The van der Waals surface area contributed by atoms with Gasteiger partial charge >= 0.3 is 5.97 Å². The third-order valence-electron chi connectivity index (χ3n) is 4.58. The molecule has 2 rings (SSSR count). The molecular weight excluding hydrogens is 358 g/mol. The molecule has 1 unspecified atom stereocenters. The highest BCUT2D eigenvalue weighted by molar-refractivity contribution is 5.90. The van der Waals surface area contributed by atoms with E-state index in [0.717, 1.165) is 18.7 Å². The molecule has 0 spiro atoms. The number of carbonyl (C=O) groups is 1. The number of ether oxygens (including phenoxy) is 2. The van der Waals surface area contributed by atoms with Gasteiger partial charge in [-0.2, -0.15) is 0 Å². The van der Waals surface area contributed by atoms with E-state index in [1.54, 1.807) is 27.1 Å². The van der Waals surface area contributed by atoms with E-state index in [9.17, 15) is 4.79 Å². The van der Waals surface area contributed by atoms with Gasteiger partial charge in [0.05, 0.1) is 20.8 Å². The molecule has 152 valence electrons. The summed E-state index contributed by atoms with van der Waals surface area (Å²) in [4.78, 5) is 15.9. The highest BCUT2D eigenvalue weighted by Crippen LogP contribution is 2.21. The summed E-state index contributed by atoms with van der Waals surface area (Å²) in [5.74, 6) is 2.74. The van der Waals surface area contributed by atoms with E-state index < -0.39 is 5.97 Å². The highest BCUT2D eigenvalue weighted by Gasteiger charge is 2.15. The minimum Gasteiger partial charge on any atom is -0.497 e. The lowest BCUT2D eigenvalue weighted by Crippen LogP contribution is -2.37. The van der Waals surface area contributed by atoms with Gasteiger partial charge in [-0.15, -0.1) is 0 Å². The molecule has 2 aromatic rings. The van der Waals surface area contributed by atoms with Crippen LogP contribution in [0.15, 0.2) is 39.7 Å². The second-order valence-corrected chi connectivity index (χ2v) is 6.49. The van der Waals surface area contributed by atoms with Gasteiger partial charge in [-0.3, -0.25) is 4.99 Å². The van der Waals surface area contributed by atoms with E-state index in [2.05, 4.69) is 34.7 Å². The second-order valence-electron chi connectivity index (χ2n) is 6.49. The van der Waals surface area contributed by atoms with Crippen LogP contribution in [0.1, 0.15) is 46.7 Å². The lowest BCUT2D eigenvalue weighted by Gasteiger charge is -2.15. The molecule has 0 aliphatic carbocycles. The summed E-state index contributed by atoms with van der Waals surface area (Å²) in [7, 11) is 4.74. The van der Waals surface area contributed by atoms with E-state index in [0.29, 0.717) is 35.5 Å². The number of hydrogen-bond donors (Lipinski definition) is 2. The maximum absolute atomic E-state index is 11.7. The first-order valence-electron chi connectivity index (χ1n) is 9.24. The second kappa shape index (κ2) is 10.4. The Bertz CT molecular complexity index is 796. The Morgan fingerprint density at radius 3 is 2.54 bits per heavy atom. The number of furan rings is 1. The van der Waals surface area contributed by atoms with Gasteiger partial charge in [0.2, 0.25) is 0 Å². The lowest BCUT2D eigenvalue weighted by molar-refractivity contribution is 0.0599. The number of guanidine groups is 1.